The minimum atomic E-state index is -3.40. The molecule has 0 heterocycles. The molecule has 0 bridgehead atoms. The third-order valence-corrected chi connectivity index (χ3v) is 1.36. The van der Waals surface area contributed by atoms with Crippen LogP contribution in [0, 0.1) is 0 Å². The van der Waals surface area contributed by atoms with Crippen LogP contribution in [0.5, 0.6) is 0 Å². The first kappa shape index (κ1) is 9.29. The van der Waals surface area contributed by atoms with Gasteiger partial charge >= 0.3 is 5.97 Å². The van der Waals surface area contributed by atoms with Gasteiger partial charge in [0.15, 0.2) is 5.54 Å². The zero-order valence-electron chi connectivity index (χ0n) is 5.69. The van der Waals surface area contributed by atoms with Crippen molar-refractivity contribution in [1.82, 2.24) is 0 Å². The van der Waals surface area contributed by atoms with Crippen molar-refractivity contribution in [1.29, 1.82) is 0 Å². The lowest BCUT2D eigenvalue weighted by molar-refractivity contribution is -0.157. The summed E-state index contributed by atoms with van der Waals surface area (Å²) in [4.78, 5) is 10.1. The average molecular weight is 153 g/mol. The molecule has 0 saturated carbocycles. The highest BCUT2D eigenvalue weighted by molar-refractivity contribution is 5.79. The Bertz CT molecular complexity index is 150. The van der Waals surface area contributed by atoms with Crippen molar-refractivity contribution in [2.75, 3.05) is 0 Å². The molecule has 0 radical (unpaired) electrons. The van der Waals surface area contributed by atoms with Gasteiger partial charge < -0.3 is 10.8 Å². The average Bonchev–Trinajstić information content (AvgIpc) is 1.62. The molecule has 1 atom stereocenters. The standard InChI is InChI=1S/C5H9F2NO2/c1-4(8,3(9)10)5(2,6)7/h8H2,1-2H3,(H,9,10)/t4-/m0/s1. The molecule has 0 aromatic rings. The highest BCUT2D eigenvalue weighted by atomic mass is 19.3. The molecule has 60 valence electrons. The summed E-state index contributed by atoms with van der Waals surface area (Å²) in [5.41, 5.74) is 2.31. The summed E-state index contributed by atoms with van der Waals surface area (Å²) in [6.07, 6.45) is 0. The zero-order valence-corrected chi connectivity index (χ0v) is 5.69. The molecule has 0 rings (SSSR count). The van der Waals surface area contributed by atoms with E-state index in [-0.39, 0.29) is 0 Å². The summed E-state index contributed by atoms with van der Waals surface area (Å²) in [7, 11) is 0. The monoisotopic (exact) mass is 153 g/mol. The van der Waals surface area contributed by atoms with Crippen LogP contribution in [-0.4, -0.2) is 22.5 Å². The SMILES string of the molecule is CC(F)(F)[C@@](C)(N)C(=O)O. The van der Waals surface area contributed by atoms with Crippen molar-refractivity contribution in [3.05, 3.63) is 0 Å². The molecule has 10 heavy (non-hydrogen) atoms. The predicted molar refractivity (Wildman–Crippen MR) is 30.8 cm³/mol. The molecule has 0 aromatic heterocycles. The van der Waals surface area contributed by atoms with E-state index < -0.39 is 17.4 Å². The Labute approximate surface area is 56.8 Å². The minimum Gasteiger partial charge on any atom is -0.480 e. The molecule has 0 aromatic carbocycles. The molecule has 5 heteroatoms. The van der Waals surface area contributed by atoms with Crippen LogP contribution in [0.1, 0.15) is 13.8 Å². The maximum Gasteiger partial charge on any atom is 0.329 e. The van der Waals surface area contributed by atoms with E-state index >= 15 is 0 Å². The lowest BCUT2D eigenvalue weighted by Crippen LogP contribution is -2.57. The minimum absolute atomic E-state index is 0.473. The number of nitrogens with two attached hydrogens (primary N) is 1. The third kappa shape index (κ3) is 1.41. The zero-order chi connectivity index (χ0) is 8.58. The molecule has 0 aliphatic rings. The summed E-state index contributed by atoms with van der Waals surface area (Å²) >= 11 is 0. The van der Waals surface area contributed by atoms with E-state index in [9.17, 15) is 13.6 Å². The van der Waals surface area contributed by atoms with Gasteiger partial charge in [-0.15, -0.1) is 0 Å². The van der Waals surface area contributed by atoms with Crippen LogP contribution in [-0.2, 0) is 4.79 Å². The van der Waals surface area contributed by atoms with Crippen molar-refractivity contribution >= 4 is 5.97 Å². The maximum atomic E-state index is 12.2. The summed E-state index contributed by atoms with van der Waals surface area (Å²) in [6, 6.07) is 0. The molecule has 0 spiro atoms. The Morgan fingerprint density at radius 3 is 1.80 bits per heavy atom. The van der Waals surface area contributed by atoms with Crippen LogP contribution in [0.4, 0.5) is 8.78 Å². The van der Waals surface area contributed by atoms with Crippen LogP contribution in [0.25, 0.3) is 0 Å². The number of aliphatic carboxylic acids is 1. The van der Waals surface area contributed by atoms with E-state index in [1.807, 2.05) is 0 Å². The fraction of sp³-hybridized carbons (Fsp3) is 0.800. The largest absolute Gasteiger partial charge is 0.480 e. The van der Waals surface area contributed by atoms with E-state index in [1.54, 1.807) is 0 Å². The second-order valence-electron chi connectivity index (χ2n) is 2.40. The number of carboxylic acids is 1. The van der Waals surface area contributed by atoms with Gasteiger partial charge in [0.25, 0.3) is 5.92 Å². The number of carboxylic acid groups (broad SMARTS) is 1. The smallest absolute Gasteiger partial charge is 0.329 e. The van der Waals surface area contributed by atoms with Crippen LogP contribution >= 0.6 is 0 Å². The normalized spacial score (nSPS) is 18.1. The Morgan fingerprint density at radius 1 is 1.50 bits per heavy atom. The van der Waals surface area contributed by atoms with Gasteiger partial charge in [-0.25, -0.2) is 13.6 Å². The van der Waals surface area contributed by atoms with Gasteiger partial charge in [0, 0.05) is 6.92 Å². The number of hydrogen-bond donors (Lipinski definition) is 2. The van der Waals surface area contributed by atoms with E-state index in [1.165, 1.54) is 0 Å². The van der Waals surface area contributed by atoms with E-state index in [0.717, 1.165) is 6.92 Å². The van der Waals surface area contributed by atoms with Gasteiger partial charge in [-0.3, -0.25) is 0 Å². The highest BCUT2D eigenvalue weighted by Gasteiger charge is 2.49. The molecule has 3 nitrogen and oxygen atoms in total. The molecule has 0 fully saturated rings. The van der Waals surface area contributed by atoms with E-state index in [4.69, 9.17) is 10.8 Å². The summed E-state index contributed by atoms with van der Waals surface area (Å²) in [5, 5.41) is 8.17. The van der Waals surface area contributed by atoms with Gasteiger partial charge in [-0.1, -0.05) is 0 Å². The highest BCUT2D eigenvalue weighted by Crippen LogP contribution is 2.25. The van der Waals surface area contributed by atoms with Crippen LogP contribution in [0.15, 0.2) is 0 Å². The van der Waals surface area contributed by atoms with Crippen molar-refractivity contribution < 1.29 is 18.7 Å². The Morgan fingerprint density at radius 2 is 1.80 bits per heavy atom. The fourth-order valence-corrected chi connectivity index (χ4v) is 0.188. The number of hydrogen-bond acceptors (Lipinski definition) is 2. The molecular formula is C5H9F2NO2. The summed E-state index contributed by atoms with van der Waals surface area (Å²) < 4.78 is 24.5. The van der Waals surface area contributed by atoms with Gasteiger partial charge in [-0.2, -0.15) is 0 Å². The van der Waals surface area contributed by atoms with Crippen LogP contribution < -0.4 is 5.73 Å². The molecule has 3 N–H and O–H groups in total. The quantitative estimate of drug-likeness (QED) is 0.605. The van der Waals surface area contributed by atoms with Crippen LogP contribution in [0.2, 0.25) is 0 Å². The molecule has 0 amide bonds. The topological polar surface area (TPSA) is 63.3 Å². The van der Waals surface area contributed by atoms with Gasteiger partial charge in [0.2, 0.25) is 0 Å². The first-order valence-electron chi connectivity index (χ1n) is 2.59. The van der Waals surface area contributed by atoms with Crippen molar-refractivity contribution in [2.24, 2.45) is 5.73 Å². The van der Waals surface area contributed by atoms with Crippen molar-refractivity contribution in [3.63, 3.8) is 0 Å². The fourth-order valence-electron chi connectivity index (χ4n) is 0.188. The number of rotatable bonds is 2. The second kappa shape index (κ2) is 2.16. The molecule has 0 aliphatic carbocycles. The Balaban J connectivity index is 4.57. The summed E-state index contributed by atoms with van der Waals surface area (Å²) in [6.45, 7) is 1.25. The van der Waals surface area contributed by atoms with E-state index in [2.05, 4.69) is 0 Å². The first-order chi connectivity index (χ1) is 4.19. The Kier molecular flexibility index (Phi) is 2.00. The van der Waals surface area contributed by atoms with Gasteiger partial charge in [0.05, 0.1) is 0 Å². The number of alkyl halides is 2. The third-order valence-electron chi connectivity index (χ3n) is 1.36. The molecule has 0 aliphatic heterocycles. The predicted octanol–water partition coefficient (Wildman–Crippen LogP) is 0.444. The van der Waals surface area contributed by atoms with Crippen molar-refractivity contribution in [3.8, 4) is 0 Å². The van der Waals surface area contributed by atoms with Gasteiger partial charge in [0.1, 0.15) is 0 Å². The van der Waals surface area contributed by atoms with Crippen LogP contribution in [0.3, 0.4) is 0 Å². The maximum absolute atomic E-state index is 12.2. The second-order valence-corrected chi connectivity index (χ2v) is 2.40. The number of halogens is 2. The van der Waals surface area contributed by atoms with Gasteiger partial charge in [-0.05, 0) is 6.92 Å². The first-order valence-corrected chi connectivity index (χ1v) is 2.59. The molecule has 0 unspecified atom stereocenters. The molecule has 0 saturated heterocycles. The summed E-state index contributed by atoms with van der Waals surface area (Å²) in [5.74, 6) is -5.11. The van der Waals surface area contributed by atoms with E-state index in [0.29, 0.717) is 6.92 Å². The lowest BCUT2D eigenvalue weighted by Gasteiger charge is -2.25. The Hall–Kier alpha value is -0.710. The van der Waals surface area contributed by atoms with Crippen molar-refractivity contribution in [2.45, 2.75) is 25.3 Å². The molecular weight excluding hydrogens is 144 g/mol. The number of carbonyl (C=O) groups is 1. The lowest BCUT2D eigenvalue weighted by atomic mass is 9.97.